The topological polar surface area (TPSA) is 128 Å². The van der Waals surface area contributed by atoms with E-state index in [4.69, 9.17) is 18.6 Å². The van der Waals surface area contributed by atoms with E-state index in [2.05, 4.69) is 11.6 Å². The third kappa shape index (κ3) is 3.93. The van der Waals surface area contributed by atoms with Crippen molar-refractivity contribution in [2.45, 2.75) is 13.0 Å². The van der Waals surface area contributed by atoms with Crippen LogP contribution in [-0.4, -0.2) is 47.6 Å². The molecule has 5 rings (SSSR count). The molecule has 1 fully saturated rings. The number of esters is 1. The maximum atomic E-state index is 13.2. The third-order valence-corrected chi connectivity index (χ3v) is 6.72. The molecule has 2 aliphatic rings. The van der Waals surface area contributed by atoms with Crippen LogP contribution in [0, 0.1) is 6.92 Å². The fraction of sp³-hybridized carbons (Fsp3) is 0.200. The highest BCUT2D eigenvalue weighted by Gasteiger charge is 2.49. The van der Waals surface area contributed by atoms with Crippen LogP contribution in [0.15, 0.2) is 59.2 Å². The van der Waals surface area contributed by atoms with E-state index in [1.165, 1.54) is 18.4 Å². The highest BCUT2D eigenvalue weighted by molar-refractivity contribution is 7.17. The number of fused-ring (bicyclic) bond motifs is 1. The van der Waals surface area contributed by atoms with Crippen molar-refractivity contribution in [3.63, 3.8) is 0 Å². The summed E-state index contributed by atoms with van der Waals surface area (Å²) in [5.74, 6) is -1.73. The molecule has 1 N–H and O–H groups in total. The van der Waals surface area contributed by atoms with Crippen LogP contribution < -0.4 is 14.4 Å². The summed E-state index contributed by atoms with van der Waals surface area (Å²) in [7, 11) is 0. The molecule has 0 aliphatic carbocycles. The van der Waals surface area contributed by atoms with E-state index < -0.39 is 29.5 Å². The Morgan fingerprint density at radius 3 is 2.78 bits per heavy atom. The summed E-state index contributed by atoms with van der Waals surface area (Å²) >= 11 is 0.901. The molecule has 10 nitrogen and oxygen atoms in total. The van der Waals surface area contributed by atoms with Gasteiger partial charge in [-0.2, -0.15) is 0 Å². The molecule has 0 spiro atoms. The van der Waals surface area contributed by atoms with Gasteiger partial charge in [0, 0.05) is 5.56 Å². The SMILES string of the molecule is C=CCOC(=O)c1sc(N2C(=O)C(=O)/C(=C(/O)c3ccc4c(c3)OCCO4)C2c2ccco2)nc1C. The Kier molecular flexibility index (Phi) is 6.06. The van der Waals surface area contributed by atoms with E-state index >= 15 is 0 Å². The Hall–Kier alpha value is -4.38. The van der Waals surface area contributed by atoms with Gasteiger partial charge in [0.15, 0.2) is 16.6 Å². The van der Waals surface area contributed by atoms with Crippen molar-refractivity contribution in [3.8, 4) is 11.5 Å². The Morgan fingerprint density at radius 1 is 1.28 bits per heavy atom. The number of aromatic nitrogens is 1. The van der Waals surface area contributed by atoms with Crippen molar-refractivity contribution in [1.29, 1.82) is 0 Å². The van der Waals surface area contributed by atoms with Crippen molar-refractivity contribution in [2.75, 3.05) is 24.7 Å². The lowest BCUT2D eigenvalue weighted by molar-refractivity contribution is -0.132. The number of thiazole rings is 1. The van der Waals surface area contributed by atoms with Gasteiger partial charge in [0.2, 0.25) is 0 Å². The fourth-order valence-corrected chi connectivity index (χ4v) is 4.95. The molecule has 1 saturated heterocycles. The van der Waals surface area contributed by atoms with Crippen molar-refractivity contribution in [1.82, 2.24) is 4.98 Å². The number of aliphatic hydroxyl groups excluding tert-OH is 1. The maximum absolute atomic E-state index is 13.2. The maximum Gasteiger partial charge on any atom is 0.350 e. The lowest BCUT2D eigenvalue weighted by Crippen LogP contribution is -2.29. The van der Waals surface area contributed by atoms with Gasteiger partial charge in [-0.15, -0.1) is 0 Å². The number of aryl methyl sites for hydroxylation is 1. The lowest BCUT2D eigenvalue weighted by atomic mass is 9.99. The number of Topliss-reactive ketones (excluding diaryl/α,β-unsaturated/α-hetero) is 1. The Balaban J connectivity index is 1.61. The number of ether oxygens (including phenoxy) is 3. The molecule has 1 aromatic carbocycles. The van der Waals surface area contributed by atoms with Gasteiger partial charge in [0.25, 0.3) is 5.78 Å². The number of hydrogen-bond donors (Lipinski definition) is 1. The molecule has 2 aliphatic heterocycles. The number of amides is 1. The number of aliphatic hydroxyl groups is 1. The number of anilines is 1. The minimum Gasteiger partial charge on any atom is -0.507 e. The standard InChI is InChI=1S/C25H20N2O8S/c1-3-8-35-24(31)22-13(2)26-25(36-22)27-19(16-5-4-9-32-16)18(21(29)23(27)30)20(28)14-6-7-15-17(12-14)34-11-10-33-15/h3-7,9,12,19,28H,1,8,10-11H2,2H3/b20-18+. The molecular formula is C25H20N2O8S. The summed E-state index contributed by atoms with van der Waals surface area (Å²) in [4.78, 5) is 44.5. The second-order valence-corrected chi connectivity index (χ2v) is 8.82. The highest BCUT2D eigenvalue weighted by atomic mass is 32.1. The van der Waals surface area contributed by atoms with Crippen molar-refractivity contribution in [2.24, 2.45) is 0 Å². The van der Waals surface area contributed by atoms with Gasteiger partial charge in [-0.1, -0.05) is 24.0 Å². The molecule has 36 heavy (non-hydrogen) atoms. The molecule has 3 aromatic rings. The first-order valence-corrected chi connectivity index (χ1v) is 11.7. The van der Waals surface area contributed by atoms with Gasteiger partial charge in [0.05, 0.1) is 17.5 Å². The van der Waals surface area contributed by atoms with Gasteiger partial charge >= 0.3 is 11.9 Å². The summed E-state index contributed by atoms with van der Waals surface area (Å²) in [6.07, 6.45) is 2.83. The molecule has 0 radical (unpaired) electrons. The molecule has 2 aromatic heterocycles. The second kappa shape index (κ2) is 9.34. The summed E-state index contributed by atoms with van der Waals surface area (Å²) in [5.41, 5.74) is 0.407. The predicted molar refractivity (Wildman–Crippen MR) is 128 cm³/mol. The monoisotopic (exact) mass is 508 g/mol. The Morgan fingerprint density at radius 2 is 2.06 bits per heavy atom. The Bertz CT molecular complexity index is 1410. The molecule has 1 unspecified atom stereocenters. The number of hydrogen-bond acceptors (Lipinski definition) is 10. The number of ketones is 1. The van der Waals surface area contributed by atoms with Gasteiger partial charge in [-0.3, -0.25) is 14.5 Å². The number of furan rings is 1. The number of nitrogens with zero attached hydrogens (tertiary/aromatic N) is 2. The van der Waals surface area contributed by atoms with Crippen LogP contribution in [0.25, 0.3) is 5.76 Å². The summed E-state index contributed by atoms with van der Waals surface area (Å²) in [6.45, 7) is 5.86. The predicted octanol–water partition coefficient (Wildman–Crippen LogP) is 3.78. The minimum atomic E-state index is -1.12. The van der Waals surface area contributed by atoms with Crippen LogP contribution in [0.1, 0.15) is 32.7 Å². The average molecular weight is 509 g/mol. The molecule has 184 valence electrons. The molecule has 1 atom stereocenters. The molecule has 0 saturated carbocycles. The van der Waals surface area contributed by atoms with Crippen LogP contribution in [0.3, 0.4) is 0 Å². The van der Waals surface area contributed by atoms with Crippen LogP contribution >= 0.6 is 11.3 Å². The summed E-state index contributed by atoms with van der Waals surface area (Å²) in [6, 6.07) is 6.79. The second-order valence-electron chi connectivity index (χ2n) is 7.84. The lowest BCUT2D eigenvalue weighted by Gasteiger charge is -2.21. The van der Waals surface area contributed by atoms with E-state index in [0.717, 1.165) is 16.2 Å². The first-order valence-electron chi connectivity index (χ1n) is 10.9. The molecular weight excluding hydrogens is 488 g/mol. The van der Waals surface area contributed by atoms with E-state index in [1.54, 1.807) is 31.2 Å². The molecule has 4 heterocycles. The number of benzene rings is 1. The number of carbonyl (C=O) groups is 3. The first-order chi connectivity index (χ1) is 17.4. The number of carbonyl (C=O) groups excluding carboxylic acids is 3. The highest BCUT2D eigenvalue weighted by Crippen LogP contribution is 2.44. The van der Waals surface area contributed by atoms with E-state index in [-0.39, 0.29) is 33.5 Å². The van der Waals surface area contributed by atoms with Crippen LogP contribution in [0.2, 0.25) is 0 Å². The molecule has 11 heteroatoms. The van der Waals surface area contributed by atoms with E-state index in [0.29, 0.717) is 30.4 Å². The summed E-state index contributed by atoms with van der Waals surface area (Å²) < 4.78 is 21.7. The quantitative estimate of drug-likeness (QED) is 0.174. The normalized spacial score (nSPS) is 18.4. The first kappa shape index (κ1) is 23.4. The van der Waals surface area contributed by atoms with Gasteiger partial charge in [0.1, 0.15) is 42.3 Å². The Labute approximate surface area is 209 Å². The average Bonchev–Trinajstić information content (AvgIpc) is 3.61. The van der Waals surface area contributed by atoms with E-state index in [1.807, 2.05) is 0 Å². The molecule has 0 bridgehead atoms. The summed E-state index contributed by atoms with van der Waals surface area (Å²) in [5, 5.41) is 11.3. The van der Waals surface area contributed by atoms with Gasteiger partial charge in [-0.05, 0) is 37.3 Å². The zero-order chi connectivity index (χ0) is 25.4. The molecule has 1 amide bonds. The third-order valence-electron chi connectivity index (χ3n) is 5.58. The van der Waals surface area contributed by atoms with Crippen molar-refractivity contribution in [3.05, 3.63) is 76.7 Å². The van der Waals surface area contributed by atoms with Gasteiger partial charge in [-0.25, -0.2) is 9.78 Å². The van der Waals surface area contributed by atoms with Crippen LogP contribution in [-0.2, 0) is 14.3 Å². The zero-order valence-corrected chi connectivity index (χ0v) is 19.9. The fourth-order valence-electron chi connectivity index (χ4n) is 3.97. The van der Waals surface area contributed by atoms with Crippen LogP contribution in [0.5, 0.6) is 11.5 Å². The smallest absolute Gasteiger partial charge is 0.350 e. The zero-order valence-electron chi connectivity index (χ0n) is 19.1. The largest absolute Gasteiger partial charge is 0.507 e. The van der Waals surface area contributed by atoms with E-state index in [9.17, 15) is 19.5 Å². The van der Waals surface area contributed by atoms with Crippen LogP contribution in [0.4, 0.5) is 5.13 Å². The van der Waals surface area contributed by atoms with Crippen molar-refractivity contribution < 1.29 is 38.1 Å². The van der Waals surface area contributed by atoms with Crippen molar-refractivity contribution >= 4 is 39.9 Å². The van der Waals surface area contributed by atoms with Gasteiger partial charge < -0.3 is 23.7 Å². The minimum absolute atomic E-state index is 0.0119. The number of rotatable bonds is 6.